The Morgan fingerprint density at radius 1 is 1.00 bits per heavy atom. The number of carbonyl (C=O) groups excluding carboxylic acids is 1. The molecule has 0 spiro atoms. The molecular formula is C25H26N2O5S. The van der Waals surface area contributed by atoms with Gasteiger partial charge in [0.25, 0.3) is 10.0 Å². The van der Waals surface area contributed by atoms with Crippen molar-refractivity contribution in [3.05, 3.63) is 77.9 Å². The van der Waals surface area contributed by atoms with Crippen LogP contribution in [0.1, 0.15) is 11.1 Å². The third kappa shape index (κ3) is 4.39. The molecule has 7 nitrogen and oxygen atoms in total. The molecule has 33 heavy (non-hydrogen) atoms. The highest BCUT2D eigenvalue weighted by Gasteiger charge is 2.33. The van der Waals surface area contributed by atoms with E-state index in [4.69, 9.17) is 9.47 Å². The monoisotopic (exact) mass is 466 g/mol. The van der Waals surface area contributed by atoms with Gasteiger partial charge in [0.15, 0.2) is 0 Å². The first-order chi connectivity index (χ1) is 15.8. The van der Waals surface area contributed by atoms with Crippen molar-refractivity contribution in [2.75, 3.05) is 36.5 Å². The maximum Gasteiger partial charge on any atom is 0.264 e. The molecule has 3 aromatic rings. The maximum atomic E-state index is 13.8. The van der Waals surface area contributed by atoms with Crippen LogP contribution in [0.5, 0.6) is 11.5 Å². The number of fused-ring (bicyclic) bond motifs is 1. The summed E-state index contributed by atoms with van der Waals surface area (Å²) in [5.41, 5.74) is 3.05. The summed E-state index contributed by atoms with van der Waals surface area (Å²) in [6, 6.07) is 19.1. The molecule has 0 saturated carbocycles. The zero-order chi connectivity index (χ0) is 23.6. The lowest BCUT2D eigenvalue weighted by atomic mass is 10.2. The molecule has 8 heteroatoms. The van der Waals surface area contributed by atoms with Gasteiger partial charge < -0.3 is 14.4 Å². The number of sulfonamides is 1. The van der Waals surface area contributed by atoms with Crippen molar-refractivity contribution in [2.24, 2.45) is 0 Å². The molecule has 1 aliphatic heterocycles. The van der Waals surface area contributed by atoms with Gasteiger partial charge in [-0.05, 0) is 49.2 Å². The maximum absolute atomic E-state index is 13.8. The van der Waals surface area contributed by atoms with E-state index in [9.17, 15) is 13.2 Å². The normalized spacial score (nSPS) is 12.9. The Bertz CT molecular complexity index is 1270. The van der Waals surface area contributed by atoms with Crippen molar-refractivity contribution < 1.29 is 22.7 Å². The molecule has 0 unspecified atom stereocenters. The standard InChI is InChI=1S/C25H26N2O5S/c1-18-8-11-21(12-9-18)33(29,30)27(23-16-20(31-2)10-13-24(23)32-3)17-25(28)26-15-14-19-6-4-5-7-22(19)26/h4-13,16H,14-15,17H2,1-3H3. The van der Waals surface area contributed by atoms with Gasteiger partial charge in [0.05, 0.1) is 24.8 Å². The third-order valence-electron chi connectivity index (χ3n) is 5.73. The summed E-state index contributed by atoms with van der Waals surface area (Å²) in [5.74, 6) is 0.454. The molecule has 1 heterocycles. The summed E-state index contributed by atoms with van der Waals surface area (Å²) < 4.78 is 39.4. The second kappa shape index (κ2) is 9.15. The lowest BCUT2D eigenvalue weighted by Gasteiger charge is -2.28. The summed E-state index contributed by atoms with van der Waals surface area (Å²) in [6.45, 7) is 2.01. The van der Waals surface area contributed by atoms with Crippen LogP contribution in [0.15, 0.2) is 71.6 Å². The Labute approximate surface area is 194 Å². The van der Waals surface area contributed by atoms with Crippen LogP contribution in [-0.4, -0.2) is 41.6 Å². The lowest BCUT2D eigenvalue weighted by molar-refractivity contribution is -0.117. The van der Waals surface area contributed by atoms with Crippen molar-refractivity contribution >= 4 is 27.3 Å². The van der Waals surface area contributed by atoms with E-state index >= 15 is 0 Å². The minimum atomic E-state index is -4.08. The fourth-order valence-corrected chi connectivity index (χ4v) is 5.35. The molecule has 0 bridgehead atoms. The number of benzene rings is 3. The molecule has 0 aliphatic carbocycles. The molecular weight excluding hydrogens is 440 g/mol. The molecule has 4 rings (SSSR count). The number of methoxy groups -OCH3 is 2. The van der Waals surface area contributed by atoms with Crippen molar-refractivity contribution in [3.63, 3.8) is 0 Å². The largest absolute Gasteiger partial charge is 0.497 e. The van der Waals surface area contributed by atoms with Gasteiger partial charge >= 0.3 is 0 Å². The zero-order valence-electron chi connectivity index (χ0n) is 18.8. The fraction of sp³-hybridized carbons (Fsp3) is 0.240. The van der Waals surface area contributed by atoms with Gasteiger partial charge in [-0.15, -0.1) is 0 Å². The zero-order valence-corrected chi connectivity index (χ0v) is 19.6. The van der Waals surface area contributed by atoms with Gasteiger partial charge in [0.1, 0.15) is 18.0 Å². The molecule has 172 valence electrons. The molecule has 0 N–H and O–H groups in total. The molecule has 3 aromatic carbocycles. The number of hydrogen-bond acceptors (Lipinski definition) is 5. The minimum absolute atomic E-state index is 0.0904. The van der Waals surface area contributed by atoms with Gasteiger partial charge in [-0.3, -0.25) is 9.10 Å². The summed E-state index contributed by atoms with van der Waals surface area (Å²) in [6.07, 6.45) is 0.731. The topological polar surface area (TPSA) is 76.2 Å². The second-order valence-corrected chi connectivity index (χ2v) is 9.65. The highest BCUT2D eigenvalue weighted by molar-refractivity contribution is 7.92. The van der Waals surface area contributed by atoms with Gasteiger partial charge in [0.2, 0.25) is 5.91 Å². The molecule has 0 radical (unpaired) electrons. The summed E-state index contributed by atoms with van der Waals surface area (Å²) in [5, 5.41) is 0. The number of para-hydroxylation sites is 1. The van der Waals surface area contributed by atoms with Crippen molar-refractivity contribution in [1.29, 1.82) is 0 Å². The summed E-state index contributed by atoms with van der Waals surface area (Å²) in [4.78, 5) is 15.2. The smallest absolute Gasteiger partial charge is 0.264 e. The molecule has 0 atom stereocenters. The molecule has 0 aromatic heterocycles. The Balaban J connectivity index is 1.79. The first-order valence-electron chi connectivity index (χ1n) is 10.5. The van der Waals surface area contributed by atoms with Crippen LogP contribution < -0.4 is 18.7 Å². The van der Waals surface area contributed by atoms with Crippen LogP contribution in [0.2, 0.25) is 0 Å². The third-order valence-corrected chi connectivity index (χ3v) is 7.50. The minimum Gasteiger partial charge on any atom is -0.497 e. The SMILES string of the molecule is COc1ccc(OC)c(N(CC(=O)N2CCc3ccccc32)S(=O)(=O)c2ccc(C)cc2)c1. The van der Waals surface area contributed by atoms with Crippen molar-refractivity contribution in [3.8, 4) is 11.5 Å². The first kappa shape index (κ1) is 22.7. The average molecular weight is 467 g/mol. The first-order valence-corrected chi connectivity index (χ1v) is 12.0. The van der Waals surface area contributed by atoms with E-state index in [1.807, 2.05) is 31.2 Å². The predicted molar refractivity (Wildman–Crippen MR) is 128 cm³/mol. The summed E-state index contributed by atoms with van der Waals surface area (Å²) in [7, 11) is -1.12. The number of nitrogens with zero attached hydrogens (tertiary/aromatic N) is 2. The van der Waals surface area contributed by atoms with E-state index in [0.717, 1.165) is 27.5 Å². The molecule has 1 amide bonds. The van der Waals surface area contributed by atoms with Gasteiger partial charge in [-0.2, -0.15) is 0 Å². The van der Waals surface area contributed by atoms with E-state index < -0.39 is 10.0 Å². The van der Waals surface area contributed by atoms with Crippen LogP contribution in [0.25, 0.3) is 0 Å². The number of anilines is 2. The number of amides is 1. The molecule has 0 saturated heterocycles. The van der Waals surface area contributed by atoms with Gasteiger partial charge in [0, 0.05) is 18.3 Å². The Morgan fingerprint density at radius 2 is 1.73 bits per heavy atom. The summed E-state index contributed by atoms with van der Waals surface area (Å²) >= 11 is 0. The number of carbonyl (C=O) groups is 1. The van der Waals surface area contributed by atoms with E-state index in [-0.39, 0.29) is 23.0 Å². The number of rotatable bonds is 7. The lowest BCUT2D eigenvalue weighted by Crippen LogP contribution is -2.42. The molecule has 1 aliphatic rings. The second-order valence-electron chi connectivity index (χ2n) is 7.79. The number of aryl methyl sites for hydroxylation is 1. The van der Waals surface area contributed by atoms with E-state index in [1.54, 1.807) is 47.4 Å². The Hall–Kier alpha value is -3.52. The molecule has 0 fully saturated rings. The van der Waals surface area contributed by atoms with E-state index in [0.29, 0.717) is 18.0 Å². The Morgan fingerprint density at radius 3 is 2.42 bits per heavy atom. The van der Waals surface area contributed by atoms with Gasteiger partial charge in [-0.1, -0.05) is 35.9 Å². The van der Waals surface area contributed by atoms with E-state index in [1.165, 1.54) is 14.2 Å². The number of hydrogen-bond donors (Lipinski definition) is 0. The highest BCUT2D eigenvalue weighted by atomic mass is 32.2. The predicted octanol–water partition coefficient (Wildman–Crippen LogP) is 3.80. The van der Waals surface area contributed by atoms with Crippen molar-refractivity contribution in [1.82, 2.24) is 0 Å². The van der Waals surface area contributed by atoms with Gasteiger partial charge in [-0.25, -0.2) is 8.42 Å². The fourth-order valence-electron chi connectivity index (χ4n) is 3.93. The quantitative estimate of drug-likeness (QED) is 0.530. The number of ether oxygens (including phenoxy) is 2. The van der Waals surface area contributed by atoms with Crippen molar-refractivity contribution in [2.45, 2.75) is 18.2 Å². The van der Waals surface area contributed by atoms with Crippen LogP contribution in [0.4, 0.5) is 11.4 Å². The van der Waals surface area contributed by atoms with Crippen LogP contribution in [-0.2, 0) is 21.2 Å². The van der Waals surface area contributed by atoms with Crippen LogP contribution >= 0.6 is 0 Å². The highest BCUT2D eigenvalue weighted by Crippen LogP contribution is 2.36. The Kier molecular flexibility index (Phi) is 6.29. The average Bonchev–Trinajstić information content (AvgIpc) is 3.26. The van der Waals surface area contributed by atoms with Crippen LogP contribution in [0.3, 0.4) is 0 Å². The van der Waals surface area contributed by atoms with E-state index in [2.05, 4.69) is 0 Å². The van der Waals surface area contributed by atoms with Crippen LogP contribution in [0, 0.1) is 6.92 Å².